The lowest BCUT2D eigenvalue weighted by Crippen LogP contribution is -2.43. The fourth-order valence-corrected chi connectivity index (χ4v) is 2.29. The topological polar surface area (TPSA) is 46.3 Å². The molecule has 0 radical (unpaired) electrons. The van der Waals surface area contributed by atoms with E-state index < -0.39 is 6.04 Å². The molecule has 0 aliphatic carbocycles. The average molecular weight is 319 g/mol. The Hall–Kier alpha value is -1.84. The van der Waals surface area contributed by atoms with Crippen molar-refractivity contribution in [2.24, 2.45) is 5.73 Å². The summed E-state index contributed by atoms with van der Waals surface area (Å²) in [6, 6.07) is 19.6. The van der Waals surface area contributed by atoms with E-state index in [4.69, 9.17) is 5.73 Å². The van der Waals surface area contributed by atoms with Gasteiger partial charge in [-0.05, 0) is 24.0 Å². The first-order chi connectivity index (χ1) is 10.2. The molecule has 2 rings (SSSR count). The number of benzene rings is 2. The molecule has 1 atom stereocenters. The van der Waals surface area contributed by atoms with Crippen molar-refractivity contribution in [3.8, 4) is 0 Å². The molecule has 2 aromatic carbocycles. The van der Waals surface area contributed by atoms with Crippen LogP contribution in [0.2, 0.25) is 0 Å². The molecule has 0 saturated carbocycles. The number of carbonyl (C=O) groups excluding carboxylic acids is 1. The molecular formula is C18H23ClN2O. The van der Waals surface area contributed by atoms with Gasteiger partial charge < -0.3 is 10.6 Å². The van der Waals surface area contributed by atoms with Gasteiger partial charge >= 0.3 is 0 Å². The Morgan fingerprint density at radius 2 is 1.50 bits per heavy atom. The van der Waals surface area contributed by atoms with Gasteiger partial charge in [0.15, 0.2) is 0 Å². The Morgan fingerprint density at radius 3 is 2.05 bits per heavy atom. The van der Waals surface area contributed by atoms with Gasteiger partial charge in [-0.25, -0.2) is 0 Å². The monoisotopic (exact) mass is 318 g/mol. The summed E-state index contributed by atoms with van der Waals surface area (Å²) in [6.07, 6.45) is 1.43. The number of hydrogen-bond donors (Lipinski definition) is 1. The molecule has 0 spiro atoms. The van der Waals surface area contributed by atoms with Crippen LogP contribution in [0.15, 0.2) is 60.7 Å². The first kappa shape index (κ1) is 18.2. The van der Waals surface area contributed by atoms with E-state index in [0.29, 0.717) is 13.0 Å². The first-order valence-electron chi connectivity index (χ1n) is 7.25. The molecule has 3 nitrogen and oxygen atoms in total. The first-order valence-corrected chi connectivity index (χ1v) is 7.25. The summed E-state index contributed by atoms with van der Waals surface area (Å²) in [4.78, 5) is 14.0. The van der Waals surface area contributed by atoms with Crippen LogP contribution in [0.3, 0.4) is 0 Å². The zero-order valence-electron chi connectivity index (χ0n) is 12.8. The standard InChI is InChI=1S/C18H22N2O.ClH/c1-20(13-12-15-8-4-2-5-9-15)18(21)17(19)14-16-10-6-3-7-11-16;/h2-11,17H,12-14,19H2,1H3;1H/t17-;/m0./s1. The van der Waals surface area contributed by atoms with Crippen LogP contribution in [0.1, 0.15) is 11.1 Å². The Labute approximate surface area is 138 Å². The van der Waals surface area contributed by atoms with Gasteiger partial charge in [0.05, 0.1) is 6.04 Å². The molecule has 0 fully saturated rings. The molecule has 4 heteroatoms. The maximum Gasteiger partial charge on any atom is 0.239 e. The number of amides is 1. The summed E-state index contributed by atoms with van der Waals surface area (Å²) in [5, 5.41) is 0. The van der Waals surface area contributed by atoms with E-state index in [1.165, 1.54) is 5.56 Å². The van der Waals surface area contributed by atoms with Gasteiger partial charge in [0.1, 0.15) is 0 Å². The summed E-state index contributed by atoms with van der Waals surface area (Å²) in [7, 11) is 1.82. The minimum atomic E-state index is -0.479. The van der Waals surface area contributed by atoms with Crippen molar-refractivity contribution in [1.82, 2.24) is 4.90 Å². The molecule has 0 aliphatic rings. The second kappa shape index (κ2) is 9.23. The van der Waals surface area contributed by atoms with Crippen LogP contribution in [-0.4, -0.2) is 30.4 Å². The maximum absolute atomic E-state index is 12.3. The number of nitrogens with zero attached hydrogens (tertiary/aromatic N) is 1. The van der Waals surface area contributed by atoms with Gasteiger partial charge in [-0.15, -0.1) is 12.4 Å². The molecule has 0 saturated heterocycles. The molecule has 22 heavy (non-hydrogen) atoms. The van der Waals surface area contributed by atoms with Gasteiger partial charge in [0, 0.05) is 13.6 Å². The lowest BCUT2D eigenvalue weighted by atomic mass is 10.1. The van der Waals surface area contributed by atoms with E-state index in [1.807, 2.05) is 55.6 Å². The Balaban J connectivity index is 0.00000242. The molecule has 0 heterocycles. The predicted octanol–water partition coefficient (Wildman–Crippen LogP) is 2.68. The SMILES string of the molecule is CN(CCc1ccccc1)C(=O)[C@@H](N)Cc1ccccc1.Cl. The number of halogens is 1. The Kier molecular flexibility index (Phi) is 7.64. The number of carbonyl (C=O) groups is 1. The molecule has 0 unspecified atom stereocenters. The third-order valence-electron chi connectivity index (χ3n) is 3.57. The fraction of sp³-hybridized carbons (Fsp3) is 0.278. The van der Waals surface area contributed by atoms with E-state index in [0.717, 1.165) is 12.0 Å². The summed E-state index contributed by atoms with van der Waals surface area (Å²) < 4.78 is 0. The lowest BCUT2D eigenvalue weighted by Gasteiger charge is -2.21. The second-order valence-electron chi connectivity index (χ2n) is 5.29. The van der Waals surface area contributed by atoms with Gasteiger partial charge in [0.25, 0.3) is 0 Å². The minimum Gasteiger partial charge on any atom is -0.344 e. The van der Waals surface area contributed by atoms with E-state index in [1.54, 1.807) is 4.90 Å². The Morgan fingerprint density at radius 1 is 1.00 bits per heavy atom. The second-order valence-corrected chi connectivity index (χ2v) is 5.29. The highest BCUT2D eigenvalue weighted by Crippen LogP contribution is 2.05. The van der Waals surface area contributed by atoms with Crippen molar-refractivity contribution in [3.63, 3.8) is 0 Å². The third-order valence-corrected chi connectivity index (χ3v) is 3.57. The van der Waals surface area contributed by atoms with Crippen LogP contribution in [0, 0.1) is 0 Å². The molecule has 2 aromatic rings. The van der Waals surface area contributed by atoms with Crippen LogP contribution in [-0.2, 0) is 17.6 Å². The quantitative estimate of drug-likeness (QED) is 0.890. The smallest absolute Gasteiger partial charge is 0.239 e. The van der Waals surface area contributed by atoms with E-state index in [2.05, 4.69) is 12.1 Å². The van der Waals surface area contributed by atoms with E-state index in [-0.39, 0.29) is 18.3 Å². The molecular weight excluding hydrogens is 296 g/mol. The number of nitrogens with two attached hydrogens (primary N) is 1. The van der Waals surface area contributed by atoms with Crippen LogP contribution < -0.4 is 5.73 Å². The summed E-state index contributed by atoms with van der Waals surface area (Å²) in [6.45, 7) is 0.686. The van der Waals surface area contributed by atoms with Crippen molar-refractivity contribution in [2.45, 2.75) is 18.9 Å². The normalized spacial score (nSPS) is 11.4. The highest BCUT2D eigenvalue weighted by atomic mass is 35.5. The predicted molar refractivity (Wildman–Crippen MR) is 93.2 cm³/mol. The van der Waals surface area contributed by atoms with E-state index in [9.17, 15) is 4.79 Å². The maximum atomic E-state index is 12.3. The number of hydrogen-bond acceptors (Lipinski definition) is 2. The van der Waals surface area contributed by atoms with E-state index >= 15 is 0 Å². The highest BCUT2D eigenvalue weighted by molar-refractivity contribution is 5.85. The van der Waals surface area contributed by atoms with Crippen molar-refractivity contribution in [2.75, 3.05) is 13.6 Å². The molecule has 0 aliphatic heterocycles. The van der Waals surface area contributed by atoms with Crippen LogP contribution >= 0.6 is 12.4 Å². The molecule has 1 amide bonds. The molecule has 2 N–H and O–H groups in total. The van der Waals surface area contributed by atoms with Crippen LogP contribution in [0.5, 0.6) is 0 Å². The Bertz CT molecular complexity index is 560. The van der Waals surface area contributed by atoms with Crippen LogP contribution in [0.4, 0.5) is 0 Å². The highest BCUT2D eigenvalue weighted by Gasteiger charge is 2.18. The number of rotatable bonds is 6. The minimum absolute atomic E-state index is 0. The van der Waals surface area contributed by atoms with Gasteiger partial charge in [-0.1, -0.05) is 60.7 Å². The van der Waals surface area contributed by atoms with Gasteiger partial charge in [-0.3, -0.25) is 4.79 Å². The number of likely N-dealkylation sites (N-methyl/N-ethyl adjacent to an activating group) is 1. The van der Waals surface area contributed by atoms with Crippen molar-refractivity contribution < 1.29 is 4.79 Å². The summed E-state index contributed by atoms with van der Waals surface area (Å²) in [5.74, 6) is -0.00483. The largest absolute Gasteiger partial charge is 0.344 e. The van der Waals surface area contributed by atoms with Crippen molar-refractivity contribution in [3.05, 3.63) is 71.8 Å². The molecule has 118 valence electrons. The molecule has 0 bridgehead atoms. The lowest BCUT2D eigenvalue weighted by molar-refractivity contribution is -0.131. The third kappa shape index (κ3) is 5.51. The fourth-order valence-electron chi connectivity index (χ4n) is 2.29. The molecule has 0 aromatic heterocycles. The van der Waals surface area contributed by atoms with Gasteiger partial charge in [-0.2, -0.15) is 0 Å². The van der Waals surface area contributed by atoms with Crippen LogP contribution in [0.25, 0.3) is 0 Å². The average Bonchev–Trinajstić information content (AvgIpc) is 2.53. The summed E-state index contributed by atoms with van der Waals surface area (Å²) in [5.41, 5.74) is 8.35. The zero-order chi connectivity index (χ0) is 15.1. The van der Waals surface area contributed by atoms with Crippen molar-refractivity contribution in [1.29, 1.82) is 0 Å². The van der Waals surface area contributed by atoms with Crippen molar-refractivity contribution >= 4 is 18.3 Å². The zero-order valence-corrected chi connectivity index (χ0v) is 13.6. The summed E-state index contributed by atoms with van der Waals surface area (Å²) >= 11 is 0. The van der Waals surface area contributed by atoms with Gasteiger partial charge in [0.2, 0.25) is 5.91 Å².